The van der Waals surface area contributed by atoms with Crippen molar-refractivity contribution >= 4 is 0 Å². The van der Waals surface area contributed by atoms with Crippen molar-refractivity contribution < 1.29 is 13.2 Å². The van der Waals surface area contributed by atoms with Gasteiger partial charge in [-0.05, 0) is 6.42 Å². The van der Waals surface area contributed by atoms with Crippen molar-refractivity contribution in [2.45, 2.75) is 45.3 Å². The minimum Gasteiger partial charge on any atom is -0.240 e. The molecule has 0 saturated carbocycles. The van der Waals surface area contributed by atoms with E-state index in [2.05, 4.69) is 10.3 Å². The van der Waals surface area contributed by atoms with Crippen molar-refractivity contribution in [1.29, 1.82) is 5.26 Å². The highest BCUT2D eigenvalue weighted by Gasteiger charge is 2.38. The van der Waals surface area contributed by atoms with Crippen molar-refractivity contribution in [2.75, 3.05) is 0 Å². The number of aryl methyl sites for hydroxylation is 1. The number of halogens is 3. The molecule has 0 aliphatic rings. The molecule has 1 aromatic rings. The van der Waals surface area contributed by atoms with Crippen LogP contribution in [0.4, 0.5) is 13.2 Å². The molecule has 1 heterocycles. The summed E-state index contributed by atoms with van der Waals surface area (Å²) in [6, 6.07) is 1.66. The molecule has 0 amide bonds. The largest absolute Gasteiger partial charge is 0.434 e. The van der Waals surface area contributed by atoms with Crippen LogP contribution >= 0.6 is 0 Å². The number of unbranched alkanes of at least 4 members (excludes halogenated alkanes) is 2. The summed E-state index contributed by atoms with van der Waals surface area (Å²) in [5, 5.41) is 15.3. The average Bonchev–Trinajstić information content (AvgIpc) is 2.62. The van der Waals surface area contributed by atoms with Gasteiger partial charge < -0.3 is 0 Å². The van der Waals surface area contributed by atoms with Crippen LogP contribution < -0.4 is 0 Å². The summed E-state index contributed by atoms with van der Waals surface area (Å²) in [4.78, 5) is 0. The van der Waals surface area contributed by atoms with E-state index in [9.17, 15) is 13.2 Å². The molecule has 0 saturated heterocycles. The summed E-state index contributed by atoms with van der Waals surface area (Å²) in [7, 11) is 0. The zero-order valence-electron chi connectivity index (χ0n) is 9.46. The number of nitriles is 1. The smallest absolute Gasteiger partial charge is 0.240 e. The Bertz CT molecular complexity index is 403. The first-order chi connectivity index (χ1) is 8.00. The maximum absolute atomic E-state index is 12.8. The number of nitrogens with zero attached hydrogens (tertiary/aromatic N) is 4. The zero-order chi connectivity index (χ0) is 12.9. The van der Waals surface area contributed by atoms with E-state index in [0.29, 0.717) is 6.42 Å². The van der Waals surface area contributed by atoms with E-state index in [1.54, 1.807) is 6.07 Å². The third-order valence-electron chi connectivity index (χ3n) is 2.29. The van der Waals surface area contributed by atoms with Crippen molar-refractivity contribution in [3.05, 3.63) is 11.4 Å². The van der Waals surface area contributed by atoms with Crippen LogP contribution in [0.15, 0.2) is 0 Å². The number of alkyl halides is 3. The van der Waals surface area contributed by atoms with Gasteiger partial charge in [0.25, 0.3) is 0 Å². The highest BCUT2D eigenvalue weighted by atomic mass is 19.4. The molecule has 0 fully saturated rings. The minimum atomic E-state index is -4.51. The molecule has 17 heavy (non-hydrogen) atoms. The van der Waals surface area contributed by atoms with Crippen molar-refractivity contribution in [1.82, 2.24) is 15.0 Å². The van der Waals surface area contributed by atoms with Gasteiger partial charge >= 0.3 is 6.18 Å². The van der Waals surface area contributed by atoms with Gasteiger partial charge in [0, 0.05) is 6.54 Å². The Balaban J connectivity index is 2.94. The molecule has 0 unspecified atom stereocenters. The first-order valence-electron chi connectivity index (χ1n) is 5.37. The maximum Gasteiger partial charge on any atom is 0.434 e. The van der Waals surface area contributed by atoms with Crippen molar-refractivity contribution in [2.24, 2.45) is 0 Å². The van der Waals surface area contributed by atoms with E-state index >= 15 is 0 Å². The van der Waals surface area contributed by atoms with Gasteiger partial charge in [0.2, 0.25) is 0 Å². The number of hydrogen-bond acceptors (Lipinski definition) is 3. The van der Waals surface area contributed by atoms with Gasteiger partial charge in [0.05, 0.1) is 12.5 Å². The second kappa shape index (κ2) is 5.66. The molecular weight excluding hydrogens is 233 g/mol. The third kappa shape index (κ3) is 3.44. The highest BCUT2D eigenvalue weighted by Crippen LogP contribution is 2.31. The molecule has 0 spiro atoms. The molecule has 0 atom stereocenters. The van der Waals surface area contributed by atoms with E-state index in [1.165, 1.54) is 0 Å². The van der Waals surface area contributed by atoms with Crippen LogP contribution in [0.3, 0.4) is 0 Å². The van der Waals surface area contributed by atoms with Crippen LogP contribution in [-0.2, 0) is 19.1 Å². The van der Waals surface area contributed by atoms with E-state index in [-0.39, 0.29) is 18.7 Å². The fraction of sp³-hybridized carbons (Fsp3) is 0.700. The fourth-order valence-electron chi connectivity index (χ4n) is 1.52. The van der Waals surface area contributed by atoms with Gasteiger partial charge in [-0.1, -0.05) is 25.0 Å². The molecule has 0 N–H and O–H groups in total. The number of rotatable bonds is 5. The average molecular weight is 246 g/mol. The Morgan fingerprint density at radius 1 is 1.35 bits per heavy atom. The SMILES string of the molecule is CCCCCn1nnc(CC#N)c1C(F)(F)F. The zero-order valence-corrected chi connectivity index (χ0v) is 9.46. The first kappa shape index (κ1) is 13.5. The van der Waals surface area contributed by atoms with E-state index < -0.39 is 11.9 Å². The second-order valence-electron chi connectivity index (χ2n) is 3.65. The fourth-order valence-corrected chi connectivity index (χ4v) is 1.52. The number of hydrogen-bond donors (Lipinski definition) is 0. The maximum atomic E-state index is 12.8. The Morgan fingerprint density at radius 3 is 2.59 bits per heavy atom. The molecule has 0 aliphatic heterocycles. The van der Waals surface area contributed by atoms with Crippen molar-refractivity contribution in [3.63, 3.8) is 0 Å². The summed E-state index contributed by atoms with van der Waals surface area (Å²) in [6.07, 6.45) is -2.51. The summed E-state index contributed by atoms with van der Waals surface area (Å²) >= 11 is 0. The van der Waals surface area contributed by atoms with Crippen LogP contribution in [-0.4, -0.2) is 15.0 Å². The van der Waals surface area contributed by atoms with E-state index in [1.807, 2.05) is 6.92 Å². The first-order valence-corrected chi connectivity index (χ1v) is 5.37. The lowest BCUT2D eigenvalue weighted by Gasteiger charge is -2.10. The molecule has 0 radical (unpaired) electrons. The lowest BCUT2D eigenvalue weighted by molar-refractivity contribution is -0.144. The van der Waals surface area contributed by atoms with Gasteiger partial charge in [0.1, 0.15) is 5.69 Å². The van der Waals surface area contributed by atoms with Crippen LogP contribution in [0.5, 0.6) is 0 Å². The Morgan fingerprint density at radius 2 is 2.06 bits per heavy atom. The van der Waals surface area contributed by atoms with Gasteiger partial charge in [0.15, 0.2) is 5.69 Å². The van der Waals surface area contributed by atoms with Crippen LogP contribution in [0.25, 0.3) is 0 Å². The van der Waals surface area contributed by atoms with Crippen molar-refractivity contribution in [3.8, 4) is 6.07 Å². The molecule has 0 aromatic carbocycles. The monoisotopic (exact) mass is 246 g/mol. The standard InChI is InChI=1S/C10H13F3N4/c1-2-3-4-7-17-9(10(11,12)13)8(5-6-14)15-16-17/h2-5,7H2,1H3. The van der Waals surface area contributed by atoms with E-state index in [0.717, 1.165) is 17.5 Å². The molecule has 94 valence electrons. The van der Waals surface area contributed by atoms with Gasteiger partial charge in [-0.2, -0.15) is 18.4 Å². The van der Waals surface area contributed by atoms with Gasteiger partial charge in [-0.3, -0.25) is 0 Å². The molecular formula is C10H13F3N4. The summed E-state index contributed by atoms with van der Waals surface area (Å²) in [5.41, 5.74) is -1.19. The molecule has 1 rings (SSSR count). The normalized spacial score (nSPS) is 11.5. The predicted octanol–water partition coefficient (Wildman–Crippen LogP) is 2.55. The van der Waals surface area contributed by atoms with Gasteiger partial charge in [-0.15, -0.1) is 5.10 Å². The van der Waals surface area contributed by atoms with Gasteiger partial charge in [-0.25, -0.2) is 4.68 Å². The Kier molecular flexibility index (Phi) is 4.49. The number of aromatic nitrogens is 3. The quantitative estimate of drug-likeness (QED) is 0.750. The molecule has 1 aromatic heterocycles. The van der Waals surface area contributed by atoms with Crippen LogP contribution in [0.1, 0.15) is 37.6 Å². The minimum absolute atomic E-state index is 0.182. The predicted molar refractivity (Wildman–Crippen MR) is 53.9 cm³/mol. The third-order valence-corrected chi connectivity index (χ3v) is 2.29. The Labute approximate surface area is 97.0 Å². The topological polar surface area (TPSA) is 54.5 Å². The Hall–Kier alpha value is -1.58. The van der Waals surface area contributed by atoms with Crippen LogP contribution in [0.2, 0.25) is 0 Å². The molecule has 0 aliphatic carbocycles. The lowest BCUT2D eigenvalue weighted by Crippen LogP contribution is -2.16. The second-order valence-corrected chi connectivity index (χ2v) is 3.65. The molecule has 0 bridgehead atoms. The molecule has 4 nitrogen and oxygen atoms in total. The highest BCUT2D eigenvalue weighted by molar-refractivity contribution is 5.17. The van der Waals surface area contributed by atoms with Crippen LogP contribution in [0, 0.1) is 11.3 Å². The lowest BCUT2D eigenvalue weighted by atomic mass is 10.2. The summed E-state index contributed by atoms with van der Waals surface area (Å²) < 4.78 is 39.1. The summed E-state index contributed by atoms with van der Waals surface area (Å²) in [5.74, 6) is 0. The van der Waals surface area contributed by atoms with E-state index in [4.69, 9.17) is 5.26 Å². The molecule has 7 heteroatoms. The summed E-state index contributed by atoms with van der Waals surface area (Å²) in [6.45, 7) is 2.15.